The third-order valence-corrected chi connectivity index (χ3v) is 3.53. The third kappa shape index (κ3) is 4.32. The number of carbonyl (C=O) groups is 3. The standard InChI is InChI=1S/C18H17N3O4/c1-11(22)14-8-16(21(3)10-14)18(24)25-12(2)17(23)20-15-6-4-5-13(7-15)9-19/h4-8,10,12H,1-3H3,(H,20,23)/t12-/m1/s1. The number of nitrogens with zero attached hydrogens (tertiary/aromatic N) is 2. The van der Waals surface area contributed by atoms with E-state index in [4.69, 9.17) is 10.00 Å². The molecule has 2 aromatic rings. The molecule has 128 valence electrons. The second-order valence-electron chi connectivity index (χ2n) is 5.51. The summed E-state index contributed by atoms with van der Waals surface area (Å²) in [6.45, 7) is 2.84. The molecule has 1 atom stereocenters. The van der Waals surface area contributed by atoms with Gasteiger partial charge in [-0.2, -0.15) is 5.26 Å². The van der Waals surface area contributed by atoms with Gasteiger partial charge in [0.15, 0.2) is 11.9 Å². The van der Waals surface area contributed by atoms with Crippen LogP contribution in [-0.4, -0.2) is 28.3 Å². The molecule has 0 aliphatic heterocycles. The van der Waals surface area contributed by atoms with Crippen LogP contribution in [-0.2, 0) is 16.6 Å². The monoisotopic (exact) mass is 339 g/mol. The molecule has 1 heterocycles. The van der Waals surface area contributed by atoms with E-state index in [1.807, 2.05) is 6.07 Å². The molecule has 0 saturated carbocycles. The number of aromatic nitrogens is 1. The van der Waals surface area contributed by atoms with Gasteiger partial charge < -0.3 is 14.6 Å². The Balaban J connectivity index is 2.04. The minimum absolute atomic E-state index is 0.169. The van der Waals surface area contributed by atoms with E-state index in [2.05, 4.69) is 5.32 Å². The summed E-state index contributed by atoms with van der Waals surface area (Å²) in [5.41, 5.74) is 1.41. The molecule has 2 rings (SSSR count). The molecule has 0 unspecified atom stereocenters. The van der Waals surface area contributed by atoms with E-state index in [1.54, 1.807) is 25.2 Å². The summed E-state index contributed by atoms with van der Waals surface area (Å²) in [6.07, 6.45) is 0.478. The van der Waals surface area contributed by atoms with Crippen molar-refractivity contribution in [1.29, 1.82) is 5.26 Å². The Hall–Kier alpha value is -3.40. The van der Waals surface area contributed by atoms with E-state index in [0.29, 0.717) is 16.8 Å². The lowest BCUT2D eigenvalue weighted by Crippen LogP contribution is -2.30. The first-order valence-electron chi connectivity index (χ1n) is 7.51. The molecular weight excluding hydrogens is 322 g/mol. The molecule has 7 heteroatoms. The molecule has 1 amide bonds. The number of hydrogen-bond donors (Lipinski definition) is 1. The highest BCUT2D eigenvalue weighted by molar-refractivity contribution is 5.99. The number of nitriles is 1. The summed E-state index contributed by atoms with van der Waals surface area (Å²) in [5, 5.41) is 11.4. The van der Waals surface area contributed by atoms with Crippen molar-refractivity contribution in [1.82, 2.24) is 4.57 Å². The van der Waals surface area contributed by atoms with Crippen LogP contribution >= 0.6 is 0 Å². The van der Waals surface area contributed by atoms with Crippen molar-refractivity contribution >= 4 is 23.3 Å². The van der Waals surface area contributed by atoms with Gasteiger partial charge in [0.25, 0.3) is 5.91 Å². The number of nitrogens with one attached hydrogen (secondary N) is 1. The average molecular weight is 339 g/mol. The lowest BCUT2D eigenvalue weighted by atomic mass is 10.2. The van der Waals surface area contributed by atoms with Gasteiger partial charge in [-0.05, 0) is 38.1 Å². The minimum atomic E-state index is -1.05. The molecule has 25 heavy (non-hydrogen) atoms. The van der Waals surface area contributed by atoms with Gasteiger partial charge >= 0.3 is 5.97 Å². The topological polar surface area (TPSA) is 101 Å². The molecule has 1 aromatic heterocycles. The fourth-order valence-corrected chi connectivity index (χ4v) is 2.14. The first-order chi connectivity index (χ1) is 11.8. The smallest absolute Gasteiger partial charge is 0.355 e. The molecule has 0 bridgehead atoms. The van der Waals surface area contributed by atoms with E-state index in [0.717, 1.165) is 0 Å². The summed E-state index contributed by atoms with van der Waals surface area (Å²) in [4.78, 5) is 35.7. The second-order valence-corrected chi connectivity index (χ2v) is 5.51. The van der Waals surface area contributed by atoms with Crippen LogP contribution in [0.2, 0.25) is 0 Å². The van der Waals surface area contributed by atoms with Gasteiger partial charge in [-0.25, -0.2) is 4.79 Å². The quantitative estimate of drug-likeness (QED) is 0.665. The average Bonchev–Trinajstić information content (AvgIpc) is 2.97. The zero-order valence-corrected chi connectivity index (χ0v) is 14.1. The highest BCUT2D eigenvalue weighted by Crippen LogP contribution is 2.13. The van der Waals surface area contributed by atoms with Gasteiger partial charge in [0.05, 0.1) is 11.6 Å². The van der Waals surface area contributed by atoms with Crippen molar-refractivity contribution in [2.45, 2.75) is 20.0 Å². The van der Waals surface area contributed by atoms with Crippen LogP contribution in [0.15, 0.2) is 36.5 Å². The molecule has 0 aliphatic rings. The predicted molar refractivity (Wildman–Crippen MR) is 90.1 cm³/mol. The number of ketones is 1. The van der Waals surface area contributed by atoms with E-state index in [1.165, 1.54) is 36.7 Å². The van der Waals surface area contributed by atoms with Crippen LogP contribution in [0.25, 0.3) is 0 Å². The van der Waals surface area contributed by atoms with Crippen LogP contribution in [0.1, 0.15) is 40.3 Å². The second kappa shape index (κ2) is 7.45. The first-order valence-corrected chi connectivity index (χ1v) is 7.51. The number of rotatable bonds is 5. The van der Waals surface area contributed by atoms with Crippen LogP contribution < -0.4 is 5.32 Å². The molecule has 0 aliphatic carbocycles. The largest absolute Gasteiger partial charge is 0.448 e. The molecule has 1 aromatic carbocycles. The van der Waals surface area contributed by atoms with Crippen molar-refractivity contribution in [2.24, 2.45) is 7.05 Å². The highest BCUT2D eigenvalue weighted by Gasteiger charge is 2.22. The van der Waals surface area contributed by atoms with Crippen molar-refractivity contribution in [3.05, 3.63) is 53.3 Å². The highest BCUT2D eigenvalue weighted by atomic mass is 16.5. The molecule has 0 fully saturated rings. The number of benzene rings is 1. The number of carbonyl (C=O) groups excluding carboxylic acids is 3. The van der Waals surface area contributed by atoms with E-state index >= 15 is 0 Å². The van der Waals surface area contributed by atoms with Crippen molar-refractivity contribution < 1.29 is 19.1 Å². The lowest BCUT2D eigenvalue weighted by Gasteiger charge is -2.14. The zero-order valence-electron chi connectivity index (χ0n) is 14.1. The normalized spacial score (nSPS) is 11.3. The molecule has 1 N–H and O–H groups in total. The Labute approximate surface area is 144 Å². The number of ether oxygens (including phenoxy) is 1. The van der Waals surface area contributed by atoms with Crippen LogP contribution in [0.5, 0.6) is 0 Å². The molecular formula is C18H17N3O4. The SMILES string of the molecule is CC(=O)c1cc(C(=O)O[C@H](C)C(=O)Nc2cccc(C#N)c2)n(C)c1. The Kier molecular flexibility index (Phi) is 5.35. The fraction of sp³-hybridized carbons (Fsp3) is 0.222. The Morgan fingerprint density at radius 2 is 2.00 bits per heavy atom. The van der Waals surface area contributed by atoms with Gasteiger partial charge in [0, 0.05) is 24.5 Å². The van der Waals surface area contributed by atoms with Gasteiger partial charge in [0.1, 0.15) is 5.69 Å². The maximum absolute atomic E-state index is 12.2. The number of Topliss-reactive ketones (excluding diaryl/α,β-unsaturated/α-hetero) is 1. The summed E-state index contributed by atoms with van der Waals surface area (Å²) in [6, 6.07) is 9.79. The lowest BCUT2D eigenvalue weighted by molar-refractivity contribution is -0.123. The fourth-order valence-electron chi connectivity index (χ4n) is 2.14. The van der Waals surface area contributed by atoms with Crippen LogP contribution in [0.3, 0.4) is 0 Å². The van der Waals surface area contributed by atoms with Gasteiger partial charge in [-0.3, -0.25) is 9.59 Å². The summed E-state index contributed by atoms with van der Waals surface area (Å²) in [5.74, 6) is -1.40. The molecule has 0 radical (unpaired) electrons. The number of hydrogen-bond acceptors (Lipinski definition) is 5. The van der Waals surface area contributed by atoms with Crippen LogP contribution in [0.4, 0.5) is 5.69 Å². The van der Waals surface area contributed by atoms with Gasteiger partial charge in [-0.1, -0.05) is 6.07 Å². The maximum atomic E-state index is 12.2. The van der Waals surface area contributed by atoms with Gasteiger partial charge in [0.2, 0.25) is 0 Å². The molecule has 0 spiro atoms. The zero-order chi connectivity index (χ0) is 18.6. The van der Waals surface area contributed by atoms with E-state index in [-0.39, 0.29) is 11.5 Å². The van der Waals surface area contributed by atoms with E-state index < -0.39 is 18.0 Å². The van der Waals surface area contributed by atoms with Gasteiger partial charge in [-0.15, -0.1) is 0 Å². The molecule has 0 saturated heterocycles. The van der Waals surface area contributed by atoms with Crippen molar-refractivity contribution in [3.8, 4) is 6.07 Å². The molecule has 7 nitrogen and oxygen atoms in total. The number of amides is 1. The summed E-state index contributed by atoms with van der Waals surface area (Å²) < 4.78 is 6.63. The number of esters is 1. The summed E-state index contributed by atoms with van der Waals surface area (Å²) >= 11 is 0. The third-order valence-electron chi connectivity index (χ3n) is 3.53. The van der Waals surface area contributed by atoms with E-state index in [9.17, 15) is 14.4 Å². The predicted octanol–water partition coefficient (Wildman–Crippen LogP) is 2.28. The maximum Gasteiger partial charge on any atom is 0.355 e. The summed E-state index contributed by atoms with van der Waals surface area (Å²) in [7, 11) is 1.61. The van der Waals surface area contributed by atoms with Crippen molar-refractivity contribution in [3.63, 3.8) is 0 Å². The minimum Gasteiger partial charge on any atom is -0.448 e. The number of anilines is 1. The Morgan fingerprint density at radius 1 is 1.28 bits per heavy atom. The first kappa shape index (κ1) is 17.9. The Morgan fingerprint density at radius 3 is 2.60 bits per heavy atom. The Bertz CT molecular complexity index is 877. The van der Waals surface area contributed by atoms with Crippen molar-refractivity contribution in [2.75, 3.05) is 5.32 Å². The van der Waals surface area contributed by atoms with Crippen LogP contribution in [0, 0.1) is 11.3 Å². The number of aryl methyl sites for hydroxylation is 1.